The van der Waals surface area contributed by atoms with Crippen LogP contribution >= 0.6 is 0 Å². The van der Waals surface area contributed by atoms with Crippen LogP contribution < -0.4 is 10.1 Å². The van der Waals surface area contributed by atoms with E-state index >= 15 is 0 Å². The smallest absolute Gasteiger partial charge is 0.219 e. The molecular formula is C29H34FNO4. The maximum Gasteiger partial charge on any atom is 0.219 e. The molecule has 2 heterocycles. The minimum Gasteiger partial charge on any atom is -0.497 e. The summed E-state index contributed by atoms with van der Waals surface area (Å²) in [6, 6.07) is 17.2. The van der Waals surface area contributed by atoms with E-state index in [0.29, 0.717) is 24.8 Å². The highest BCUT2D eigenvalue weighted by molar-refractivity contribution is 5.98. The van der Waals surface area contributed by atoms with E-state index in [9.17, 15) is 9.18 Å². The van der Waals surface area contributed by atoms with E-state index in [1.54, 1.807) is 19.2 Å². The van der Waals surface area contributed by atoms with Crippen molar-refractivity contribution in [3.05, 3.63) is 89.6 Å². The standard InChI is InChI=1S/C29H34FNO4/c1-29(2)19-22(15-18-35-29)25(20-6-10-23(30)11-7-20)14-16-31-27(28(32)26-5-4-17-34-26)21-8-12-24(33-3)13-9-21/h4-13,17,22,25,27,31H,14-16,18-19H2,1-3H3/t22-,25-,27-/m0/s1. The van der Waals surface area contributed by atoms with Gasteiger partial charge in [-0.2, -0.15) is 0 Å². The van der Waals surface area contributed by atoms with Gasteiger partial charge in [-0.1, -0.05) is 24.3 Å². The second-order valence-corrected chi connectivity index (χ2v) is 9.81. The van der Waals surface area contributed by atoms with Crippen LogP contribution in [0.25, 0.3) is 0 Å². The third kappa shape index (κ3) is 6.38. The Morgan fingerprint density at radius 2 is 1.83 bits per heavy atom. The monoisotopic (exact) mass is 479 g/mol. The first-order chi connectivity index (χ1) is 16.9. The first-order valence-corrected chi connectivity index (χ1v) is 12.2. The van der Waals surface area contributed by atoms with Crippen molar-refractivity contribution in [2.45, 2.75) is 50.7 Å². The number of carbonyl (C=O) groups is 1. The fraction of sp³-hybridized carbons (Fsp3) is 0.414. The second kappa shape index (κ2) is 11.2. The van der Waals surface area contributed by atoms with Crippen LogP contribution in [-0.4, -0.2) is 31.6 Å². The molecule has 0 spiro atoms. The predicted molar refractivity (Wildman–Crippen MR) is 133 cm³/mol. The molecule has 186 valence electrons. The van der Waals surface area contributed by atoms with Crippen LogP contribution in [0, 0.1) is 11.7 Å². The molecule has 1 aliphatic heterocycles. The molecule has 1 fully saturated rings. The molecule has 1 aromatic heterocycles. The van der Waals surface area contributed by atoms with Gasteiger partial charge in [0.2, 0.25) is 5.78 Å². The fourth-order valence-corrected chi connectivity index (χ4v) is 5.11. The van der Waals surface area contributed by atoms with Gasteiger partial charge < -0.3 is 19.2 Å². The van der Waals surface area contributed by atoms with Crippen molar-refractivity contribution in [1.82, 2.24) is 5.32 Å². The number of hydrogen-bond donors (Lipinski definition) is 1. The second-order valence-electron chi connectivity index (χ2n) is 9.81. The van der Waals surface area contributed by atoms with Crippen molar-refractivity contribution in [2.75, 3.05) is 20.3 Å². The zero-order valence-electron chi connectivity index (χ0n) is 20.6. The average molecular weight is 480 g/mol. The van der Waals surface area contributed by atoms with Crippen LogP contribution in [0.3, 0.4) is 0 Å². The molecule has 0 amide bonds. The molecule has 0 saturated carbocycles. The number of ether oxygens (including phenoxy) is 2. The van der Waals surface area contributed by atoms with Crippen molar-refractivity contribution < 1.29 is 23.1 Å². The average Bonchev–Trinajstić information content (AvgIpc) is 3.39. The molecular weight excluding hydrogens is 445 g/mol. The Hall–Kier alpha value is -2.96. The number of carbonyl (C=O) groups excluding carboxylic acids is 1. The number of ketones is 1. The summed E-state index contributed by atoms with van der Waals surface area (Å²) in [5.74, 6) is 1.33. The number of hydrogen-bond acceptors (Lipinski definition) is 5. The topological polar surface area (TPSA) is 60.7 Å². The van der Waals surface area contributed by atoms with Gasteiger partial charge in [0.1, 0.15) is 11.6 Å². The third-order valence-electron chi connectivity index (χ3n) is 6.88. The number of methoxy groups -OCH3 is 1. The van der Waals surface area contributed by atoms with Crippen molar-refractivity contribution in [2.24, 2.45) is 5.92 Å². The first-order valence-electron chi connectivity index (χ1n) is 12.2. The predicted octanol–water partition coefficient (Wildman–Crippen LogP) is 6.32. The summed E-state index contributed by atoms with van der Waals surface area (Å²) in [5.41, 5.74) is 1.78. The summed E-state index contributed by atoms with van der Waals surface area (Å²) in [7, 11) is 1.62. The van der Waals surface area contributed by atoms with Crippen LogP contribution in [0.1, 0.15) is 66.8 Å². The van der Waals surface area contributed by atoms with Gasteiger partial charge in [0.25, 0.3) is 0 Å². The van der Waals surface area contributed by atoms with Crippen molar-refractivity contribution >= 4 is 5.78 Å². The lowest BCUT2D eigenvalue weighted by Crippen LogP contribution is -2.37. The Morgan fingerprint density at radius 1 is 1.11 bits per heavy atom. The van der Waals surface area contributed by atoms with Gasteiger partial charge in [-0.3, -0.25) is 4.79 Å². The largest absolute Gasteiger partial charge is 0.497 e. The minimum atomic E-state index is -0.549. The summed E-state index contributed by atoms with van der Waals surface area (Å²) < 4.78 is 30.3. The molecule has 3 aromatic rings. The lowest BCUT2D eigenvalue weighted by Gasteiger charge is -2.39. The summed E-state index contributed by atoms with van der Waals surface area (Å²) >= 11 is 0. The molecule has 3 atom stereocenters. The Balaban J connectivity index is 1.53. The van der Waals surface area contributed by atoms with E-state index in [-0.39, 0.29) is 23.1 Å². The number of Topliss-reactive ketones (excluding diaryl/α,β-unsaturated/α-hetero) is 1. The zero-order valence-corrected chi connectivity index (χ0v) is 20.6. The Morgan fingerprint density at radius 3 is 2.46 bits per heavy atom. The van der Waals surface area contributed by atoms with E-state index in [1.807, 2.05) is 36.4 Å². The lowest BCUT2D eigenvalue weighted by atomic mass is 9.75. The number of benzene rings is 2. The van der Waals surface area contributed by atoms with E-state index in [4.69, 9.17) is 13.9 Å². The SMILES string of the molecule is COc1ccc([C@H](NCC[C@@H](c2ccc(F)cc2)[C@H]2CCOC(C)(C)C2)C(=O)c2ccco2)cc1. The zero-order chi connectivity index (χ0) is 24.8. The molecule has 0 bridgehead atoms. The Labute approximate surface area is 206 Å². The summed E-state index contributed by atoms with van der Waals surface area (Å²) in [4.78, 5) is 13.3. The highest BCUT2D eigenvalue weighted by Crippen LogP contribution is 2.40. The molecule has 1 N–H and O–H groups in total. The number of rotatable bonds is 10. The molecule has 5 nitrogen and oxygen atoms in total. The summed E-state index contributed by atoms with van der Waals surface area (Å²) in [6.07, 6.45) is 4.21. The minimum absolute atomic E-state index is 0.120. The van der Waals surface area contributed by atoms with Gasteiger partial charge in [0.05, 0.1) is 25.0 Å². The summed E-state index contributed by atoms with van der Waals surface area (Å²) in [5, 5.41) is 3.48. The van der Waals surface area contributed by atoms with Crippen LogP contribution in [0.15, 0.2) is 71.3 Å². The van der Waals surface area contributed by atoms with E-state index in [1.165, 1.54) is 18.4 Å². The fourth-order valence-electron chi connectivity index (χ4n) is 5.11. The van der Waals surface area contributed by atoms with Gasteiger partial charge in [-0.25, -0.2) is 4.39 Å². The molecule has 0 aliphatic carbocycles. The van der Waals surface area contributed by atoms with Gasteiger partial charge >= 0.3 is 0 Å². The molecule has 0 unspecified atom stereocenters. The van der Waals surface area contributed by atoms with Crippen molar-refractivity contribution in [3.63, 3.8) is 0 Å². The van der Waals surface area contributed by atoms with Gasteiger partial charge in [0.15, 0.2) is 5.76 Å². The van der Waals surface area contributed by atoms with Crippen LogP contribution in [-0.2, 0) is 4.74 Å². The van der Waals surface area contributed by atoms with Crippen LogP contribution in [0.4, 0.5) is 4.39 Å². The van der Waals surface area contributed by atoms with Crippen molar-refractivity contribution in [3.8, 4) is 5.75 Å². The highest BCUT2D eigenvalue weighted by Gasteiger charge is 2.34. The van der Waals surface area contributed by atoms with E-state index in [0.717, 1.165) is 36.1 Å². The maximum atomic E-state index is 13.7. The summed E-state index contributed by atoms with van der Waals surface area (Å²) in [6.45, 7) is 5.58. The quantitative estimate of drug-likeness (QED) is 0.345. The lowest BCUT2D eigenvalue weighted by molar-refractivity contribution is -0.0772. The van der Waals surface area contributed by atoms with Gasteiger partial charge in [-0.15, -0.1) is 0 Å². The van der Waals surface area contributed by atoms with Crippen molar-refractivity contribution in [1.29, 1.82) is 0 Å². The molecule has 1 saturated heterocycles. The number of nitrogens with one attached hydrogen (secondary N) is 1. The van der Waals surface area contributed by atoms with Gasteiger partial charge in [0, 0.05) is 6.61 Å². The number of furan rings is 1. The first kappa shape index (κ1) is 25.1. The molecule has 0 radical (unpaired) electrons. The molecule has 1 aliphatic rings. The molecule has 4 rings (SSSR count). The third-order valence-corrected chi connectivity index (χ3v) is 6.88. The normalized spacial score (nSPS) is 19.1. The Bertz CT molecular complexity index is 1080. The van der Waals surface area contributed by atoms with E-state index < -0.39 is 6.04 Å². The van der Waals surface area contributed by atoms with Crippen LogP contribution in [0.2, 0.25) is 0 Å². The van der Waals surface area contributed by atoms with Crippen LogP contribution in [0.5, 0.6) is 5.75 Å². The number of halogens is 1. The molecule has 35 heavy (non-hydrogen) atoms. The highest BCUT2D eigenvalue weighted by atomic mass is 19.1. The van der Waals surface area contributed by atoms with E-state index in [2.05, 4.69) is 19.2 Å². The molecule has 2 aromatic carbocycles. The maximum absolute atomic E-state index is 13.7. The Kier molecular flexibility index (Phi) is 8.04. The van der Waals surface area contributed by atoms with Gasteiger partial charge in [-0.05, 0) is 99.0 Å². The molecule has 6 heteroatoms.